The number of amides is 1. The fourth-order valence-electron chi connectivity index (χ4n) is 2.07. The second kappa shape index (κ2) is 16.4. The number of phenolic OH excluding ortho intramolecular Hbond substituents is 2. The summed E-state index contributed by atoms with van der Waals surface area (Å²) in [6.45, 7) is 15.5. The molecule has 0 fully saturated rings. The van der Waals surface area contributed by atoms with E-state index >= 15 is 0 Å². The van der Waals surface area contributed by atoms with Crippen LogP contribution in [0.3, 0.4) is 0 Å². The SMILES string of the molecule is C=C(C)C(=O)O.C=C(C)C(=O)O.CC(C)(c1ccc(O)cc1)c1ccc(O)cc1.CCOC(N)=O. The van der Waals surface area contributed by atoms with E-state index in [2.05, 4.69) is 37.5 Å². The maximum Gasteiger partial charge on any atom is 0.404 e. The van der Waals surface area contributed by atoms with Gasteiger partial charge < -0.3 is 30.9 Å². The normalized spacial score (nSPS) is 9.40. The van der Waals surface area contributed by atoms with Gasteiger partial charge in [-0.05, 0) is 56.2 Å². The molecule has 2 aromatic rings. The van der Waals surface area contributed by atoms with E-state index in [-0.39, 0.29) is 28.1 Å². The Morgan fingerprint density at radius 2 is 1.06 bits per heavy atom. The summed E-state index contributed by atoms with van der Waals surface area (Å²) < 4.78 is 4.18. The van der Waals surface area contributed by atoms with Gasteiger partial charge in [-0.3, -0.25) is 0 Å². The molecule has 0 aromatic heterocycles. The minimum Gasteiger partial charge on any atom is -0.508 e. The zero-order valence-electron chi connectivity index (χ0n) is 20.7. The quantitative estimate of drug-likeness (QED) is 0.373. The topological polar surface area (TPSA) is 167 Å². The number of carbonyl (C=O) groups excluding carboxylic acids is 1. The van der Waals surface area contributed by atoms with Crippen molar-refractivity contribution < 1.29 is 39.5 Å². The van der Waals surface area contributed by atoms with E-state index < -0.39 is 18.0 Å². The van der Waals surface area contributed by atoms with Crippen molar-refractivity contribution in [2.75, 3.05) is 6.61 Å². The van der Waals surface area contributed by atoms with Crippen molar-refractivity contribution in [3.8, 4) is 11.5 Å². The number of rotatable bonds is 5. The van der Waals surface area contributed by atoms with Gasteiger partial charge in [0.2, 0.25) is 0 Å². The van der Waals surface area contributed by atoms with E-state index in [1.54, 1.807) is 31.2 Å². The minimum absolute atomic E-state index is 0.151. The van der Waals surface area contributed by atoms with Gasteiger partial charge in [0.05, 0.1) is 6.61 Å². The molecule has 9 heteroatoms. The second-order valence-electron chi connectivity index (χ2n) is 7.64. The second-order valence-corrected chi connectivity index (χ2v) is 7.64. The lowest BCUT2D eigenvalue weighted by atomic mass is 9.78. The summed E-state index contributed by atoms with van der Waals surface area (Å²) in [4.78, 5) is 28.8. The Balaban J connectivity index is 0. The fourth-order valence-corrected chi connectivity index (χ4v) is 2.07. The van der Waals surface area contributed by atoms with Crippen LogP contribution in [-0.2, 0) is 19.7 Å². The molecule has 9 nitrogen and oxygen atoms in total. The van der Waals surface area contributed by atoms with E-state index in [4.69, 9.17) is 10.2 Å². The molecule has 1 amide bonds. The van der Waals surface area contributed by atoms with Crippen LogP contribution in [0.15, 0.2) is 72.8 Å². The van der Waals surface area contributed by atoms with E-state index in [9.17, 15) is 24.6 Å². The predicted octanol–water partition coefficient (Wildman–Crippen LogP) is 4.82. The van der Waals surface area contributed by atoms with Crippen LogP contribution in [-0.4, -0.2) is 45.1 Å². The molecule has 2 aromatic carbocycles. The third kappa shape index (κ3) is 15.2. The van der Waals surface area contributed by atoms with Gasteiger partial charge in [-0.25, -0.2) is 14.4 Å². The summed E-state index contributed by atoms with van der Waals surface area (Å²) in [6, 6.07) is 14.4. The molecule has 0 aliphatic carbocycles. The van der Waals surface area contributed by atoms with Gasteiger partial charge in [-0.15, -0.1) is 0 Å². The highest BCUT2D eigenvalue weighted by Gasteiger charge is 2.22. The zero-order chi connectivity index (χ0) is 27.8. The number of hydrogen-bond donors (Lipinski definition) is 5. The molecule has 6 N–H and O–H groups in total. The van der Waals surface area contributed by atoms with Gasteiger partial charge in [0.15, 0.2) is 0 Å². The summed E-state index contributed by atoms with van der Waals surface area (Å²) in [5.41, 5.74) is 6.99. The third-order valence-corrected chi connectivity index (χ3v) is 4.19. The highest BCUT2D eigenvalue weighted by molar-refractivity contribution is 5.85. The molecule has 0 atom stereocenters. The molecule has 0 radical (unpaired) electrons. The van der Waals surface area contributed by atoms with Crippen LogP contribution in [0.4, 0.5) is 4.79 Å². The van der Waals surface area contributed by atoms with Gasteiger partial charge in [0.25, 0.3) is 0 Å². The Bertz CT molecular complexity index is 882. The first kappa shape index (κ1) is 32.9. The highest BCUT2D eigenvalue weighted by Crippen LogP contribution is 2.32. The average Bonchev–Trinajstić information content (AvgIpc) is 2.75. The van der Waals surface area contributed by atoms with Crippen molar-refractivity contribution in [1.29, 1.82) is 0 Å². The molecule has 0 heterocycles. The lowest BCUT2D eigenvalue weighted by Crippen LogP contribution is -2.18. The molecule has 0 saturated carbocycles. The van der Waals surface area contributed by atoms with Gasteiger partial charge >= 0.3 is 18.0 Å². The third-order valence-electron chi connectivity index (χ3n) is 4.19. The summed E-state index contributed by atoms with van der Waals surface area (Å²) in [6.07, 6.45) is -0.711. The number of carboxylic acid groups (broad SMARTS) is 2. The van der Waals surface area contributed by atoms with Gasteiger partial charge in [0.1, 0.15) is 11.5 Å². The minimum atomic E-state index is -0.935. The lowest BCUT2D eigenvalue weighted by molar-refractivity contribution is -0.133. The molecule has 0 bridgehead atoms. The monoisotopic (exact) mass is 489 g/mol. The maximum absolute atomic E-state index is 9.60. The summed E-state index contributed by atoms with van der Waals surface area (Å²) in [5, 5.41) is 34.4. The predicted molar refractivity (Wildman–Crippen MR) is 134 cm³/mol. The number of hydrogen-bond acceptors (Lipinski definition) is 6. The number of benzene rings is 2. The maximum atomic E-state index is 9.60. The van der Waals surface area contributed by atoms with Crippen LogP contribution in [0, 0.1) is 0 Å². The Morgan fingerprint density at radius 3 is 1.20 bits per heavy atom. The first-order valence-electron chi connectivity index (χ1n) is 10.3. The molecule has 0 spiro atoms. The van der Waals surface area contributed by atoms with Crippen molar-refractivity contribution >= 4 is 18.0 Å². The largest absolute Gasteiger partial charge is 0.508 e. The Kier molecular flexibility index (Phi) is 15.4. The van der Waals surface area contributed by atoms with E-state index in [1.807, 2.05) is 24.3 Å². The molecule has 0 aliphatic heterocycles. The molecule has 0 saturated heterocycles. The van der Waals surface area contributed by atoms with Crippen LogP contribution < -0.4 is 5.73 Å². The van der Waals surface area contributed by atoms with Gasteiger partial charge in [-0.2, -0.15) is 0 Å². The fraction of sp³-hybridized carbons (Fsp3) is 0.269. The summed E-state index contributed by atoms with van der Waals surface area (Å²) in [7, 11) is 0. The number of aliphatic carboxylic acids is 2. The van der Waals surface area contributed by atoms with E-state index in [1.165, 1.54) is 13.8 Å². The Hall–Kier alpha value is -4.27. The number of phenols is 2. The number of carbonyl (C=O) groups is 3. The number of primary amides is 1. The Morgan fingerprint density at radius 1 is 0.800 bits per heavy atom. The number of carboxylic acids is 2. The molecule has 0 aliphatic rings. The molecule has 0 unspecified atom stereocenters. The summed E-state index contributed by atoms with van der Waals surface area (Å²) in [5.74, 6) is -1.32. The number of ether oxygens (including phenoxy) is 1. The van der Waals surface area contributed by atoms with Crippen LogP contribution in [0.1, 0.15) is 45.7 Å². The van der Waals surface area contributed by atoms with Crippen molar-refractivity contribution in [2.45, 2.75) is 40.0 Å². The van der Waals surface area contributed by atoms with E-state index in [0.717, 1.165) is 11.1 Å². The number of nitrogens with two attached hydrogens (primary N) is 1. The zero-order valence-corrected chi connectivity index (χ0v) is 20.7. The Labute approximate surface area is 205 Å². The molecule has 35 heavy (non-hydrogen) atoms. The standard InChI is InChI=1S/C15H16O2.2C4H6O2.C3H7NO2/c1-15(2,11-3-7-13(16)8-4-11)12-5-9-14(17)10-6-12;2*1-3(2)4(5)6;1-2-6-3(4)5/h3-10,16-17H,1-2H3;2*1H2,2H3,(H,5,6);2H2,1H3,(H2,4,5). The molecular formula is C26H35NO8. The van der Waals surface area contributed by atoms with Crippen molar-refractivity contribution in [1.82, 2.24) is 0 Å². The average molecular weight is 490 g/mol. The van der Waals surface area contributed by atoms with Gasteiger partial charge in [-0.1, -0.05) is 51.3 Å². The highest BCUT2D eigenvalue weighted by atomic mass is 16.5. The van der Waals surface area contributed by atoms with Crippen LogP contribution in [0.5, 0.6) is 11.5 Å². The van der Waals surface area contributed by atoms with Crippen molar-refractivity contribution in [3.05, 3.63) is 84.0 Å². The lowest BCUT2D eigenvalue weighted by Gasteiger charge is -2.26. The van der Waals surface area contributed by atoms with Crippen LogP contribution in [0.25, 0.3) is 0 Å². The van der Waals surface area contributed by atoms with Crippen LogP contribution >= 0.6 is 0 Å². The van der Waals surface area contributed by atoms with Crippen LogP contribution in [0.2, 0.25) is 0 Å². The smallest absolute Gasteiger partial charge is 0.404 e. The van der Waals surface area contributed by atoms with Crippen molar-refractivity contribution in [2.24, 2.45) is 5.73 Å². The number of aromatic hydroxyl groups is 2. The molecular weight excluding hydrogens is 454 g/mol. The first-order valence-corrected chi connectivity index (χ1v) is 10.3. The molecule has 2 rings (SSSR count). The van der Waals surface area contributed by atoms with Crippen molar-refractivity contribution in [3.63, 3.8) is 0 Å². The summed E-state index contributed by atoms with van der Waals surface area (Å²) >= 11 is 0. The first-order chi connectivity index (χ1) is 16.1. The van der Waals surface area contributed by atoms with E-state index in [0.29, 0.717) is 6.61 Å². The van der Waals surface area contributed by atoms with Gasteiger partial charge in [0, 0.05) is 16.6 Å². The molecule has 192 valence electrons.